The molecular weight excluding hydrogens is 254 g/mol. The number of aliphatic hydroxyl groups is 1. The highest BCUT2D eigenvalue weighted by Crippen LogP contribution is 2.28. The minimum absolute atomic E-state index is 0.0250. The molecule has 0 amide bonds. The molecule has 1 aliphatic heterocycles. The summed E-state index contributed by atoms with van der Waals surface area (Å²) in [6.07, 6.45) is 0.800. The maximum Gasteiger partial charge on any atom is 0.175 e. The van der Waals surface area contributed by atoms with E-state index in [1.165, 1.54) is 6.26 Å². The first-order valence-electron chi connectivity index (χ1n) is 5.74. The standard InChI is InChI=1S/C12H17NO4S/c1-8-13-11(7-14)12(17-8)9-3-5-10(6-4-9)18(2,15)16/h3-6,8,11-14H,7H2,1-2H3. The van der Waals surface area contributed by atoms with Crippen LogP contribution in [-0.4, -0.2) is 38.7 Å². The molecular formula is C12H17NO4S. The number of ether oxygens (including phenoxy) is 1. The molecule has 1 aromatic carbocycles. The van der Waals surface area contributed by atoms with Gasteiger partial charge in [-0.3, -0.25) is 5.32 Å². The normalized spacial score (nSPS) is 28.5. The molecule has 5 nitrogen and oxygen atoms in total. The Morgan fingerprint density at radius 1 is 1.33 bits per heavy atom. The lowest BCUT2D eigenvalue weighted by molar-refractivity contribution is 0.0426. The largest absolute Gasteiger partial charge is 0.395 e. The zero-order chi connectivity index (χ0) is 13.3. The molecule has 0 bridgehead atoms. The van der Waals surface area contributed by atoms with Crippen LogP contribution in [0.4, 0.5) is 0 Å². The first-order valence-corrected chi connectivity index (χ1v) is 7.63. The zero-order valence-electron chi connectivity index (χ0n) is 10.3. The van der Waals surface area contributed by atoms with Crippen LogP contribution in [0.25, 0.3) is 0 Å². The molecule has 1 fully saturated rings. The molecule has 18 heavy (non-hydrogen) atoms. The van der Waals surface area contributed by atoms with Crippen molar-refractivity contribution in [3.8, 4) is 0 Å². The average Bonchev–Trinajstić information content (AvgIpc) is 2.69. The Kier molecular flexibility index (Phi) is 3.72. The lowest BCUT2D eigenvalue weighted by atomic mass is 10.0. The van der Waals surface area contributed by atoms with Crippen LogP contribution in [-0.2, 0) is 14.6 Å². The van der Waals surface area contributed by atoms with Gasteiger partial charge in [-0.25, -0.2) is 8.42 Å². The van der Waals surface area contributed by atoms with E-state index >= 15 is 0 Å². The van der Waals surface area contributed by atoms with Gasteiger partial charge in [-0.05, 0) is 24.6 Å². The highest BCUT2D eigenvalue weighted by molar-refractivity contribution is 7.90. The smallest absolute Gasteiger partial charge is 0.175 e. The molecule has 1 aromatic rings. The van der Waals surface area contributed by atoms with Gasteiger partial charge in [0.05, 0.1) is 17.5 Å². The number of hydrogen-bond donors (Lipinski definition) is 2. The molecule has 2 rings (SSSR count). The maximum atomic E-state index is 11.4. The number of aliphatic hydroxyl groups excluding tert-OH is 1. The molecule has 1 heterocycles. The van der Waals surface area contributed by atoms with Crippen molar-refractivity contribution in [3.05, 3.63) is 29.8 Å². The van der Waals surface area contributed by atoms with Crippen molar-refractivity contribution >= 4 is 9.84 Å². The SMILES string of the molecule is CC1NC(CO)C(c2ccc(S(C)(=O)=O)cc2)O1. The minimum Gasteiger partial charge on any atom is -0.395 e. The van der Waals surface area contributed by atoms with Crippen LogP contribution in [0.15, 0.2) is 29.2 Å². The average molecular weight is 271 g/mol. The Balaban J connectivity index is 2.24. The second-order valence-electron chi connectivity index (χ2n) is 4.50. The van der Waals surface area contributed by atoms with Gasteiger partial charge in [-0.1, -0.05) is 12.1 Å². The summed E-state index contributed by atoms with van der Waals surface area (Å²) in [6, 6.07) is 6.41. The fourth-order valence-corrected chi connectivity index (χ4v) is 2.74. The summed E-state index contributed by atoms with van der Waals surface area (Å²) in [6.45, 7) is 1.84. The molecule has 1 aliphatic rings. The van der Waals surface area contributed by atoms with E-state index in [0.29, 0.717) is 0 Å². The third-order valence-corrected chi connectivity index (χ3v) is 4.13. The summed E-state index contributed by atoms with van der Waals surface area (Å²) in [5.41, 5.74) is 0.860. The van der Waals surface area contributed by atoms with E-state index in [1.54, 1.807) is 24.3 Å². The predicted octanol–water partition coefficient (Wildman–Crippen LogP) is 0.458. The molecule has 0 aromatic heterocycles. The molecule has 6 heteroatoms. The molecule has 1 saturated heterocycles. The summed E-state index contributed by atoms with van der Waals surface area (Å²) in [7, 11) is -3.18. The Labute approximate surface area is 107 Å². The van der Waals surface area contributed by atoms with Crippen molar-refractivity contribution in [2.45, 2.75) is 30.2 Å². The second kappa shape index (κ2) is 4.97. The third-order valence-electron chi connectivity index (χ3n) is 3.00. The topological polar surface area (TPSA) is 75.6 Å². The monoisotopic (exact) mass is 271 g/mol. The van der Waals surface area contributed by atoms with Crippen LogP contribution < -0.4 is 5.32 Å². The van der Waals surface area contributed by atoms with E-state index in [0.717, 1.165) is 5.56 Å². The lowest BCUT2D eigenvalue weighted by Crippen LogP contribution is -2.32. The summed E-state index contributed by atoms with van der Waals surface area (Å²) in [4.78, 5) is 0.283. The second-order valence-corrected chi connectivity index (χ2v) is 6.51. The van der Waals surface area contributed by atoms with Crippen LogP contribution in [0.1, 0.15) is 18.6 Å². The molecule has 0 spiro atoms. The Bertz CT molecular complexity index is 511. The highest BCUT2D eigenvalue weighted by atomic mass is 32.2. The van der Waals surface area contributed by atoms with E-state index in [-0.39, 0.29) is 29.9 Å². The molecule has 3 atom stereocenters. The summed E-state index contributed by atoms with van der Waals surface area (Å²) < 4.78 is 28.4. The van der Waals surface area contributed by atoms with Gasteiger partial charge in [0.15, 0.2) is 9.84 Å². The van der Waals surface area contributed by atoms with E-state index < -0.39 is 9.84 Å². The fourth-order valence-electron chi connectivity index (χ4n) is 2.11. The minimum atomic E-state index is -3.18. The Hall–Kier alpha value is -0.950. The van der Waals surface area contributed by atoms with Gasteiger partial charge in [0.1, 0.15) is 12.3 Å². The van der Waals surface area contributed by atoms with Gasteiger partial charge in [0, 0.05) is 6.26 Å². The molecule has 3 unspecified atom stereocenters. The summed E-state index contributed by atoms with van der Waals surface area (Å²) >= 11 is 0. The zero-order valence-corrected chi connectivity index (χ0v) is 11.1. The van der Waals surface area contributed by atoms with E-state index in [1.807, 2.05) is 6.92 Å². The molecule has 0 radical (unpaired) electrons. The molecule has 2 N–H and O–H groups in total. The van der Waals surface area contributed by atoms with Crippen molar-refractivity contribution in [2.24, 2.45) is 0 Å². The van der Waals surface area contributed by atoms with Crippen LogP contribution >= 0.6 is 0 Å². The Morgan fingerprint density at radius 2 is 1.94 bits per heavy atom. The third kappa shape index (κ3) is 2.72. The number of sulfone groups is 1. The van der Waals surface area contributed by atoms with Crippen molar-refractivity contribution in [1.82, 2.24) is 5.32 Å². The van der Waals surface area contributed by atoms with E-state index in [2.05, 4.69) is 5.32 Å². The highest BCUT2D eigenvalue weighted by Gasteiger charge is 2.32. The summed E-state index contributed by atoms with van der Waals surface area (Å²) in [5.74, 6) is 0. The van der Waals surface area contributed by atoms with Gasteiger partial charge in [-0.2, -0.15) is 0 Å². The predicted molar refractivity (Wildman–Crippen MR) is 66.8 cm³/mol. The fraction of sp³-hybridized carbons (Fsp3) is 0.500. The van der Waals surface area contributed by atoms with Crippen LogP contribution in [0.5, 0.6) is 0 Å². The summed E-state index contributed by atoms with van der Waals surface area (Å²) in [5, 5.41) is 12.4. The molecule has 0 aliphatic carbocycles. The maximum absolute atomic E-state index is 11.4. The quantitative estimate of drug-likeness (QED) is 0.835. The first kappa shape index (κ1) is 13.5. The van der Waals surface area contributed by atoms with Gasteiger partial charge < -0.3 is 9.84 Å². The first-order chi connectivity index (χ1) is 8.41. The van der Waals surface area contributed by atoms with Gasteiger partial charge in [0.2, 0.25) is 0 Å². The Morgan fingerprint density at radius 3 is 2.44 bits per heavy atom. The lowest BCUT2D eigenvalue weighted by Gasteiger charge is -2.16. The van der Waals surface area contributed by atoms with Crippen LogP contribution in [0, 0.1) is 0 Å². The molecule has 100 valence electrons. The van der Waals surface area contributed by atoms with E-state index in [9.17, 15) is 13.5 Å². The van der Waals surface area contributed by atoms with E-state index in [4.69, 9.17) is 4.74 Å². The van der Waals surface area contributed by atoms with Gasteiger partial charge in [0.25, 0.3) is 0 Å². The van der Waals surface area contributed by atoms with Gasteiger partial charge >= 0.3 is 0 Å². The number of rotatable bonds is 3. The van der Waals surface area contributed by atoms with Crippen LogP contribution in [0.3, 0.4) is 0 Å². The van der Waals surface area contributed by atoms with Crippen LogP contribution in [0.2, 0.25) is 0 Å². The molecule has 0 saturated carbocycles. The number of hydrogen-bond acceptors (Lipinski definition) is 5. The van der Waals surface area contributed by atoms with Crippen molar-refractivity contribution in [3.63, 3.8) is 0 Å². The van der Waals surface area contributed by atoms with Crippen molar-refractivity contribution in [1.29, 1.82) is 0 Å². The van der Waals surface area contributed by atoms with Gasteiger partial charge in [-0.15, -0.1) is 0 Å². The number of benzene rings is 1. The van der Waals surface area contributed by atoms with Crippen molar-refractivity contribution in [2.75, 3.05) is 12.9 Å². The van der Waals surface area contributed by atoms with Crippen molar-refractivity contribution < 1.29 is 18.3 Å². The number of nitrogens with one attached hydrogen (secondary N) is 1.